The molecule has 0 aliphatic carbocycles. The number of para-hydroxylation sites is 1. The minimum atomic E-state index is -0.602. The Balaban J connectivity index is 1.89. The number of hydrogen-bond donors (Lipinski definition) is 1. The van der Waals surface area contributed by atoms with Crippen molar-refractivity contribution in [1.82, 2.24) is 9.55 Å². The third kappa shape index (κ3) is 3.88. The van der Waals surface area contributed by atoms with E-state index in [0.29, 0.717) is 28.0 Å². The summed E-state index contributed by atoms with van der Waals surface area (Å²) < 4.78 is 27.0. The van der Waals surface area contributed by atoms with Gasteiger partial charge in [-0.05, 0) is 30.3 Å². The lowest BCUT2D eigenvalue weighted by Crippen LogP contribution is -2.23. The molecule has 4 rings (SSSR count). The maximum Gasteiger partial charge on any atom is 0.265 e. The Morgan fingerprint density at radius 2 is 1.84 bits per heavy atom. The summed E-state index contributed by atoms with van der Waals surface area (Å²) in [4.78, 5) is 19.2. The number of aliphatic hydroxyl groups excluding tert-OH is 1. The van der Waals surface area contributed by atoms with Crippen LogP contribution >= 0.6 is 0 Å². The van der Waals surface area contributed by atoms with Crippen molar-refractivity contribution < 1.29 is 19.0 Å². The monoisotopic (exact) mass is 435 g/mol. The molecule has 7 nitrogen and oxygen atoms in total. The third-order valence-electron chi connectivity index (χ3n) is 5.15. The van der Waals surface area contributed by atoms with Crippen LogP contribution in [0.15, 0.2) is 71.8 Å². The Labute approximate surface area is 183 Å². The quantitative estimate of drug-likeness (QED) is 0.477. The molecule has 0 fully saturated rings. The van der Waals surface area contributed by atoms with Crippen LogP contribution in [0.4, 0.5) is 15.8 Å². The van der Waals surface area contributed by atoms with E-state index in [1.54, 1.807) is 23.1 Å². The van der Waals surface area contributed by atoms with Crippen LogP contribution in [0.2, 0.25) is 0 Å². The highest BCUT2D eigenvalue weighted by molar-refractivity contribution is 5.83. The van der Waals surface area contributed by atoms with Crippen LogP contribution in [0.1, 0.15) is 0 Å². The Hall–Kier alpha value is -3.91. The third-order valence-corrected chi connectivity index (χ3v) is 5.15. The van der Waals surface area contributed by atoms with Gasteiger partial charge in [0.25, 0.3) is 5.56 Å². The van der Waals surface area contributed by atoms with Crippen LogP contribution in [0.5, 0.6) is 11.5 Å². The van der Waals surface area contributed by atoms with E-state index in [1.165, 1.54) is 37.2 Å². The number of aliphatic hydroxyl groups is 1. The molecule has 0 saturated heterocycles. The molecular weight excluding hydrogens is 413 g/mol. The van der Waals surface area contributed by atoms with Crippen molar-refractivity contribution in [3.8, 4) is 17.2 Å². The molecule has 0 saturated carbocycles. The lowest BCUT2D eigenvalue weighted by Gasteiger charge is -2.26. The summed E-state index contributed by atoms with van der Waals surface area (Å²) in [7, 11) is 2.84. The SMILES string of the molecule is COc1cc(OC)c(F)c(N(CCO)c2ccc3ncn(-c4ccccc4)c(=O)c3c2)c1. The van der Waals surface area contributed by atoms with Crippen LogP contribution in [0, 0.1) is 5.82 Å². The number of nitrogens with zero attached hydrogens (tertiary/aromatic N) is 3. The highest BCUT2D eigenvalue weighted by Gasteiger charge is 2.20. The molecule has 0 aliphatic heterocycles. The van der Waals surface area contributed by atoms with Crippen molar-refractivity contribution in [2.24, 2.45) is 0 Å². The summed E-state index contributed by atoms with van der Waals surface area (Å²) in [5.41, 5.74) is 1.62. The van der Waals surface area contributed by atoms with Crippen molar-refractivity contribution in [2.45, 2.75) is 0 Å². The smallest absolute Gasteiger partial charge is 0.265 e. The van der Waals surface area contributed by atoms with Crippen LogP contribution in [0.3, 0.4) is 0 Å². The summed E-state index contributed by atoms with van der Waals surface area (Å²) in [6.45, 7) is -0.149. The lowest BCUT2D eigenvalue weighted by molar-refractivity contribution is 0.305. The summed E-state index contributed by atoms with van der Waals surface area (Å²) in [5.74, 6) is -0.194. The number of methoxy groups -OCH3 is 2. The lowest BCUT2D eigenvalue weighted by atomic mass is 10.1. The molecule has 4 aromatic rings. The first-order valence-corrected chi connectivity index (χ1v) is 9.94. The molecule has 0 unspecified atom stereocenters. The predicted octanol–water partition coefficient (Wildman–Crippen LogP) is 3.67. The number of anilines is 2. The Bertz CT molecular complexity index is 1310. The number of hydrogen-bond acceptors (Lipinski definition) is 6. The first-order chi connectivity index (χ1) is 15.6. The van der Waals surface area contributed by atoms with Gasteiger partial charge in [0.2, 0.25) is 0 Å². The number of fused-ring (bicyclic) bond motifs is 1. The van der Waals surface area contributed by atoms with Gasteiger partial charge in [-0.15, -0.1) is 0 Å². The van der Waals surface area contributed by atoms with Gasteiger partial charge in [0.05, 0.1) is 43.1 Å². The van der Waals surface area contributed by atoms with Crippen molar-refractivity contribution in [1.29, 1.82) is 0 Å². The van der Waals surface area contributed by atoms with Crippen molar-refractivity contribution in [2.75, 3.05) is 32.3 Å². The first kappa shape index (κ1) is 21.3. The molecule has 8 heteroatoms. The van der Waals surface area contributed by atoms with Gasteiger partial charge in [-0.3, -0.25) is 9.36 Å². The molecule has 1 aromatic heterocycles. The van der Waals surface area contributed by atoms with Gasteiger partial charge in [-0.2, -0.15) is 0 Å². The zero-order chi connectivity index (χ0) is 22.7. The molecule has 0 atom stereocenters. The fourth-order valence-corrected chi connectivity index (χ4v) is 3.56. The molecule has 1 heterocycles. The zero-order valence-corrected chi connectivity index (χ0v) is 17.7. The fourth-order valence-electron chi connectivity index (χ4n) is 3.56. The highest BCUT2D eigenvalue weighted by Crippen LogP contribution is 2.37. The normalized spacial score (nSPS) is 10.9. The molecule has 32 heavy (non-hydrogen) atoms. The number of halogens is 1. The fraction of sp³-hybridized carbons (Fsp3) is 0.167. The Morgan fingerprint density at radius 1 is 1.06 bits per heavy atom. The predicted molar refractivity (Wildman–Crippen MR) is 121 cm³/mol. The number of rotatable bonds is 7. The molecule has 0 spiro atoms. The topological polar surface area (TPSA) is 76.8 Å². The maximum atomic E-state index is 15.1. The summed E-state index contributed by atoms with van der Waals surface area (Å²) in [6.07, 6.45) is 1.48. The molecule has 0 bridgehead atoms. The van der Waals surface area contributed by atoms with E-state index in [-0.39, 0.29) is 30.1 Å². The van der Waals surface area contributed by atoms with Crippen molar-refractivity contribution >= 4 is 22.3 Å². The maximum absolute atomic E-state index is 15.1. The molecular formula is C24H22FN3O4. The second-order valence-corrected chi connectivity index (χ2v) is 6.99. The van der Waals surface area contributed by atoms with Gasteiger partial charge in [0.15, 0.2) is 11.6 Å². The van der Waals surface area contributed by atoms with Crippen molar-refractivity contribution in [3.63, 3.8) is 0 Å². The van der Waals surface area contributed by atoms with Gasteiger partial charge >= 0.3 is 0 Å². The van der Waals surface area contributed by atoms with Crippen molar-refractivity contribution in [3.05, 3.63) is 83.2 Å². The highest BCUT2D eigenvalue weighted by atomic mass is 19.1. The van der Waals surface area contributed by atoms with E-state index in [1.807, 2.05) is 30.3 Å². The molecule has 164 valence electrons. The van der Waals surface area contributed by atoms with Gasteiger partial charge < -0.3 is 19.5 Å². The van der Waals surface area contributed by atoms with E-state index in [9.17, 15) is 9.90 Å². The number of benzene rings is 3. The second kappa shape index (κ2) is 9.07. The van der Waals surface area contributed by atoms with E-state index in [2.05, 4.69) is 4.98 Å². The van der Waals surface area contributed by atoms with Gasteiger partial charge in [-0.25, -0.2) is 9.37 Å². The standard InChI is InChI=1S/C24H22FN3O4/c1-31-18-13-21(23(25)22(14-18)32-2)27(10-11-29)17-8-9-20-19(12-17)24(30)28(15-26-20)16-6-4-3-5-7-16/h3-9,12-15,29H,10-11H2,1-2H3. The Morgan fingerprint density at radius 3 is 2.53 bits per heavy atom. The molecule has 1 N–H and O–H groups in total. The van der Waals surface area contributed by atoms with Gasteiger partial charge in [0.1, 0.15) is 12.1 Å². The van der Waals surface area contributed by atoms with Crippen LogP contribution in [-0.4, -0.2) is 42.0 Å². The average molecular weight is 435 g/mol. The van der Waals surface area contributed by atoms with Crippen LogP contribution < -0.4 is 19.9 Å². The Kier molecular flexibility index (Phi) is 6.04. The van der Waals surface area contributed by atoms with Crippen LogP contribution in [-0.2, 0) is 0 Å². The summed E-state index contributed by atoms with van der Waals surface area (Å²) in [6, 6.07) is 17.2. The van der Waals surface area contributed by atoms with E-state index >= 15 is 4.39 Å². The van der Waals surface area contributed by atoms with Gasteiger partial charge in [-0.1, -0.05) is 18.2 Å². The first-order valence-electron chi connectivity index (χ1n) is 9.94. The van der Waals surface area contributed by atoms with E-state index in [4.69, 9.17) is 9.47 Å². The number of ether oxygens (including phenoxy) is 2. The average Bonchev–Trinajstić information content (AvgIpc) is 2.83. The molecule has 3 aromatic carbocycles. The minimum absolute atomic E-state index is 0.0104. The largest absolute Gasteiger partial charge is 0.497 e. The second-order valence-electron chi connectivity index (χ2n) is 6.99. The van der Waals surface area contributed by atoms with Crippen LogP contribution in [0.25, 0.3) is 16.6 Å². The summed E-state index contributed by atoms with van der Waals surface area (Å²) in [5, 5.41) is 10.0. The molecule has 0 radical (unpaired) electrons. The van der Waals surface area contributed by atoms with E-state index in [0.717, 1.165) is 0 Å². The molecule has 0 amide bonds. The summed E-state index contributed by atoms with van der Waals surface area (Å²) >= 11 is 0. The molecule has 0 aliphatic rings. The minimum Gasteiger partial charge on any atom is -0.497 e. The number of aromatic nitrogens is 2. The van der Waals surface area contributed by atoms with Gasteiger partial charge in [0, 0.05) is 24.4 Å². The zero-order valence-electron chi connectivity index (χ0n) is 17.7. The van der Waals surface area contributed by atoms with E-state index < -0.39 is 5.82 Å².